The summed E-state index contributed by atoms with van der Waals surface area (Å²) in [6.07, 6.45) is 7.00. The standard InChI is InChI=1S/C22H27N5/c1-4-26-9-7-16(8-10-26)22-12-21(25-27(22)15(2)3)18-11-19-17(13-23)5-6-20(19)24-14-18/h5,11-12,14-16H,4,6-10H2,1-3H3. The van der Waals surface area contributed by atoms with Gasteiger partial charge in [-0.1, -0.05) is 13.0 Å². The van der Waals surface area contributed by atoms with E-state index in [1.54, 1.807) is 0 Å². The average molecular weight is 361 g/mol. The fourth-order valence-corrected chi connectivity index (χ4v) is 4.26. The average Bonchev–Trinajstić information content (AvgIpc) is 3.32. The molecule has 0 aromatic carbocycles. The van der Waals surface area contributed by atoms with Crippen molar-refractivity contribution < 1.29 is 0 Å². The van der Waals surface area contributed by atoms with Crippen LogP contribution in [0.2, 0.25) is 0 Å². The van der Waals surface area contributed by atoms with Crippen LogP contribution in [-0.4, -0.2) is 39.3 Å². The number of piperidine rings is 1. The van der Waals surface area contributed by atoms with Crippen LogP contribution in [0.1, 0.15) is 62.5 Å². The number of fused-ring (bicyclic) bond motifs is 1. The Morgan fingerprint density at radius 1 is 1.26 bits per heavy atom. The molecule has 1 saturated heterocycles. The van der Waals surface area contributed by atoms with Crippen LogP contribution in [-0.2, 0) is 6.42 Å². The summed E-state index contributed by atoms with van der Waals surface area (Å²) in [7, 11) is 0. The first-order valence-electron chi connectivity index (χ1n) is 10.0. The van der Waals surface area contributed by atoms with Crippen molar-refractivity contribution in [2.75, 3.05) is 19.6 Å². The number of hydrogen-bond acceptors (Lipinski definition) is 4. The van der Waals surface area contributed by atoms with Crippen molar-refractivity contribution in [2.45, 2.75) is 52.0 Å². The molecule has 1 fully saturated rings. The van der Waals surface area contributed by atoms with E-state index >= 15 is 0 Å². The van der Waals surface area contributed by atoms with Crippen LogP contribution in [0.15, 0.2) is 24.4 Å². The maximum atomic E-state index is 9.34. The molecule has 5 heteroatoms. The van der Waals surface area contributed by atoms with Crippen molar-refractivity contribution in [2.24, 2.45) is 0 Å². The Morgan fingerprint density at radius 2 is 2.04 bits per heavy atom. The van der Waals surface area contributed by atoms with Crippen molar-refractivity contribution >= 4 is 5.57 Å². The summed E-state index contributed by atoms with van der Waals surface area (Å²) in [5, 5.41) is 14.3. The Kier molecular flexibility index (Phi) is 4.84. The van der Waals surface area contributed by atoms with Gasteiger partial charge in [0.15, 0.2) is 0 Å². The van der Waals surface area contributed by atoms with Crippen molar-refractivity contribution in [1.29, 1.82) is 5.26 Å². The summed E-state index contributed by atoms with van der Waals surface area (Å²) < 4.78 is 2.19. The summed E-state index contributed by atoms with van der Waals surface area (Å²) in [5.74, 6) is 0.563. The molecule has 0 N–H and O–H groups in total. The number of rotatable bonds is 4. The molecular weight excluding hydrogens is 334 g/mol. The highest BCUT2D eigenvalue weighted by Crippen LogP contribution is 2.34. The first-order chi connectivity index (χ1) is 13.1. The highest BCUT2D eigenvalue weighted by atomic mass is 15.3. The van der Waals surface area contributed by atoms with Crippen LogP contribution in [0.3, 0.4) is 0 Å². The number of allylic oxidation sites excluding steroid dienone is 2. The minimum Gasteiger partial charge on any atom is -0.304 e. The normalized spacial score (nSPS) is 17.8. The fraction of sp³-hybridized carbons (Fsp3) is 0.500. The van der Waals surface area contributed by atoms with Gasteiger partial charge in [-0.05, 0) is 58.5 Å². The highest BCUT2D eigenvalue weighted by molar-refractivity contribution is 5.83. The van der Waals surface area contributed by atoms with Crippen LogP contribution in [0, 0.1) is 11.3 Å². The molecule has 2 aliphatic rings. The lowest BCUT2D eigenvalue weighted by molar-refractivity contribution is 0.217. The van der Waals surface area contributed by atoms with Crippen molar-refractivity contribution in [3.8, 4) is 17.3 Å². The molecule has 0 radical (unpaired) electrons. The first-order valence-corrected chi connectivity index (χ1v) is 10.0. The Hall–Kier alpha value is -2.45. The Morgan fingerprint density at radius 3 is 2.70 bits per heavy atom. The summed E-state index contributed by atoms with van der Waals surface area (Å²) in [6, 6.07) is 6.95. The summed E-state index contributed by atoms with van der Waals surface area (Å²) in [6.45, 7) is 10.1. The second-order valence-electron chi connectivity index (χ2n) is 7.85. The SMILES string of the molecule is CCN1CCC(c2cc(-c3cnc4c(c3)C(C#N)=CC4)nn2C(C)C)CC1. The third-order valence-corrected chi connectivity index (χ3v) is 5.88. The van der Waals surface area contributed by atoms with Gasteiger partial charge in [0.05, 0.1) is 23.0 Å². The predicted octanol–water partition coefficient (Wildman–Crippen LogP) is 4.19. The summed E-state index contributed by atoms with van der Waals surface area (Å²) >= 11 is 0. The van der Waals surface area contributed by atoms with Crippen LogP contribution in [0.4, 0.5) is 0 Å². The van der Waals surface area contributed by atoms with E-state index in [2.05, 4.69) is 53.5 Å². The monoisotopic (exact) mass is 361 g/mol. The van der Waals surface area contributed by atoms with E-state index in [0.29, 0.717) is 12.0 Å². The van der Waals surface area contributed by atoms with Gasteiger partial charge in [0.1, 0.15) is 0 Å². The molecule has 2 aromatic heterocycles. The number of nitrogens with zero attached hydrogens (tertiary/aromatic N) is 5. The van der Waals surface area contributed by atoms with Gasteiger partial charge in [0, 0.05) is 41.4 Å². The number of hydrogen-bond donors (Lipinski definition) is 0. The zero-order chi connectivity index (χ0) is 19.0. The van der Waals surface area contributed by atoms with Crippen molar-refractivity contribution in [1.82, 2.24) is 19.7 Å². The van der Waals surface area contributed by atoms with Gasteiger partial charge < -0.3 is 4.90 Å². The van der Waals surface area contributed by atoms with E-state index in [1.807, 2.05) is 12.3 Å². The van der Waals surface area contributed by atoms with Gasteiger partial charge in [-0.25, -0.2) is 0 Å². The Bertz CT molecular complexity index is 907. The van der Waals surface area contributed by atoms with E-state index in [9.17, 15) is 5.26 Å². The minimum absolute atomic E-state index is 0.329. The van der Waals surface area contributed by atoms with E-state index in [1.165, 1.54) is 18.5 Å². The van der Waals surface area contributed by atoms with Gasteiger partial charge >= 0.3 is 0 Å². The van der Waals surface area contributed by atoms with Crippen LogP contribution in [0.25, 0.3) is 16.8 Å². The minimum atomic E-state index is 0.329. The number of pyridine rings is 1. The molecule has 0 saturated carbocycles. The van der Waals surface area contributed by atoms with Gasteiger partial charge in [-0.2, -0.15) is 10.4 Å². The number of aromatic nitrogens is 3. The molecule has 1 aliphatic heterocycles. The number of likely N-dealkylation sites (tertiary alicyclic amines) is 1. The largest absolute Gasteiger partial charge is 0.304 e. The summed E-state index contributed by atoms with van der Waals surface area (Å²) in [5.41, 5.74) is 6.00. The maximum absolute atomic E-state index is 9.34. The second-order valence-corrected chi connectivity index (χ2v) is 7.85. The molecule has 0 spiro atoms. The van der Waals surface area contributed by atoms with Gasteiger partial charge in [0.25, 0.3) is 0 Å². The molecular formula is C22H27N5. The Labute approximate surface area is 161 Å². The molecule has 1 aliphatic carbocycles. The molecule has 140 valence electrons. The van der Waals surface area contributed by atoms with Gasteiger partial charge in [-0.3, -0.25) is 9.67 Å². The third-order valence-electron chi connectivity index (χ3n) is 5.88. The van der Waals surface area contributed by atoms with Gasteiger partial charge in [-0.15, -0.1) is 0 Å². The zero-order valence-corrected chi connectivity index (χ0v) is 16.4. The van der Waals surface area contributed by atoms with Crippen LogP contribution in [0.5, 0.6) is 0 Å². The van der Waals surface area contributed by atoms with Crippen LogP contribution < -0.4 is 0 Å². The fourth-order valence-electron chi connectivity index (χ4n) is 4.26. The number of nitriles is 1. The molecule has 0 atom stereocenters. The highest BCUT2D eigenvalue weighted by Gasteiger charge is 2.25. The molecule has 4 rings (SSSR count). The van der Waals surface area contributed by atoms with E-state index in [4.69, 9.17) is 5.10 Å². The quantitative estimate of drug-likeness (QED) is 0.819. The van der Waals surface area contributed by atoms with Crippen molar-refractivity contribution in [3.05, 3.63) is 41.4 Å². The van der Waals surface area contributed by atoms with Crippen LogP contribution >= 0.6 is 0 Å². The first kappa shape index (κ1) is 17.9. The predicted molar refractivity (Wildman–Crippen MR) is 107 cm³/mol. The van der Waals surface area contributed by atoms with Gasteiger partial charge in [0.2, 0.25) is 0 Å². The van der Waals surface area contributed by atoms with E-state index in [-0.39, 0.29) is 0 Å². The topological polar surface area (TPSA) is 57.7 Å². The lowest BCUT2D eigenvalue weighted by Crippen LogP contribution is -2.33. The van der Waals surface area contributed by atoms with Crippen molar-refractivity contribution in [3.63, 3.8) is 0 Å². The molecule has 27 heavy (non-hydrogen) atoms. The Balaban J connectivity index is 1.67. The van der Waals surface area contributed by atoms with E-state index < -0.39 is 0 Å². The molecule has 0 bridgehead atoms. The second kappa shape index (κ2) is 7.28. The maximum Gasteiger partial charge on any atom is 0.0995 e. The molecule has 2 aromatic rings. The smallest absolute Gasteiger partial charge is 0.0995 e. The zero-order valence-electron chi connectivity index (χ0n) is 16.4. The third kappa shape index (κ3) is 3.30. The lowest BCUT2D eigenvalue weighted by Gasteiger charge is -2.31. The molecule has 0 amide bonds. The molecule has 3 heterocycles. The lowest BCUT2D eigenvalue weighted by atomic mass is 9.92. The molecule has 0 unspecified atom stereocenters. The summed E-state index contributed by atoms with van der Waals surface area (Å²) in [4.78, 5) is 7.11. The molecule has 5 nitrogen and oxygen atoms in total. The van der Waals surface area contributed by atoms with E-state index in [0.717, 1.165) is 54.1 Å².